The predicted molar refractivity (Wildman–Crippen MR) is 106 cm³/mol. The Morgan fingerprint density at radius 3 is 2.89 bits per heavy atom. The maximum absolute atomic E-state index is 12.3. The number of carbonyl (C=O) groups excluding carboxylic acids is 1. The maximum Gasteiger partial charge on any atom is 0.414 e. The molecule has 0 bridgehead atoms. The summed E-state index contributed by atoms with van der Waals surface area (Å²) in [7, 11) is 0. The van der Waals surface area contributed by atoms with Crippen molar-refractivity contribution < 1.29 is 9.53 Å². The first kappa shape index (κ1) is 17.0. The van der Waals surface area contributed by atoms with Crippen LogP contribution in [0.4, 0.5) is 22.1 Å². The van der Waals surface area contributed by atoms with Crippen LogP contribution < -0.4 is 10.2 Å². The standard InChI is InChI=1S/C20H22N6O2/c1-3-25-12(2)17(10-22-25)24-19-21-9-14-6-7-15(8-16(14)23-19)26-18(13-4-5-13)11-28-20(26)27/h6-10,13,18H,3-5,11H2,1-2H3,(H,21,23,24). The zero-order chi connectivity index (χ0) is 19.3. The van der Waals surface area contributed by atoms with Crippen LogP contribution in [0.15, 0.2) is 30.6 Å². The highest BCUT2D eigenvalue weighted by atomic mass is 16.6. The Labute approximate surface area is 162 Å². The lowest BCUT2D eigenvalue weighted by atomic mass is 10.1. The van der Waals surface area contributed by atoms with Crippen LogP contribution in [0.2, 0.25) is 0 Å². The largest absolute Gasteiger partial charge is 0.447 e. The quantitative estimate of drug-likeness (QED) is 0.730. The van der Waals surface area contributed by atoms with Gasteiger partial charge in [-0.25, -0.2) is 14.8 Å². The lowest BCUT2D eigenvalue weighted by Crippen LogP contribution is -2.34. The van der Waals surface area contributed by atoms with Gasteiger partial charge in [-0.1, -0.05) is 0 Å². The van der Waals surface area contributed by atoms with Crippen LogP contribution in [0.3, 0.4) is 0 Å². The van der Waals surface area contributed by atoms with Gasteiger partial charge in [-0.05, 0) is 50.8 Å². The fraction of sp³-hybridized carbons (Fsp3) is 0.400. The third kappa shape index (κ3) is 2.85. The van der Waals surface area contributed by atoms with Crippen molar-refractivity contribution in [3.63, 3.8) is 0 Å². The predicted octanol–water partition coefficient (Wildman–Crippen LogP) is 3.63. The van der Waals surface area contributed by atoms with E-state index in [0.29, 0.717) is 18.5 Å². The average molecular weight is 378 g/mol. The lowest BCUT2D eigenvalue weighted by molar-refractivity contribution is 0.178. The first-order valence-corrected chi connectivity index (χ1v) is 9.66. The molecule has 1 N–H and O–H groups in total. The van der Waals surface area contributed by atoms with Crippen molar-refractivity contribution in [1.29, 1.82) is 0 Å². The molecule has 1 atom stereocenters. The molecule has 28 heavy (non-hydrogen) atoms. The van der Waals surface area contributed by atoms with Gasteiger partial charge in [-0.15, -0.1) is 0 Å². The first-order valence-electron chi connectivity index (χ1n) is 9.66. The number of ether oxygens (including phenoxy) is 1. The molecule has 1 amide bonds. The van der Waals surface area contributed by atoms with Crippen LogP contribution in [-0.2, 0) is 11.3 Å². The van der Waals surface area contributed by atoms with Gasteiger partial charge < -0.3 is 10.1 Å². The highest BCUT2D eigenvalue weighted by Gasteiger charge is 2.43. The molecular formula is C20H22N6O2. The molecule has 1 aromatic carbocycles. The van der Waals surface area contributed by atoms with Crippen molar-refractivity contribution in [2.75, 3.05) is 16.8 Å². The van der Waals surface area contributed by atoms with Gasteiger partial charge >= 0.3 is 6.09 Å². The summed E-state index contributed by atoms with van der Waals surface area (Å²) in [6, 6.07) is 5.96. The summed E-state index contributed by atoms with van der Waals surface area (Å²) in [5.41, 5.74) is 3.53. The molecule has 0 spiro atoms. The number of hydrogen-bond donors (Lipinski definition) is 1. The van der Waals surface area contributed by atoms with Gasteiger partial charge in [0.15, 0.2) is 0 Å². The van der Waals surface area contributed by atoms with Crippen LogP contribution in [0.1, 0.15) is 25.5 Å². The minimum atomic E-state index is -0.272. The second-order valence-electron chi connectivity index (χ2n) is 7.37. The number of cyclic esters (lactones) is 1. The van der Waals surface area contributed by atoms with E-state index in [-0.39, 0.29) is 12.1 Å². The molecule has 3 aromatic rings. The van der Waals surface area contributed by atoms with Gasteiger partial charge in [0.1, 0.15) is 6.61 Å². The minimum Gasteiger partial charge on any atom is -0.447 e. The Kier molecular flexibility index (Phi) is 3.92. The number of nitrogens with one attached hydrogen (secondary N) is 1. The summed E-state index contributed by atoms with van der Waals surface area (Å²) in [4.78, 5) is 23.1. The molecule has 1 unspecified atom stereocenters. The Morgan fingerprint density at radius 2 is 2.14 bits per heavy atom. The normalized spacial score (nSPS) is 19.3. The van der Waals surface area contributed by atoms with E-state index in [4.69, 9.17) is 4.74 Å². The number of hydrogen-bond acceptors (Lipinski definition) is 6. The van der Waals surface area contributed by atoms with Crippen molar-refractivity contribution >= 4 is 34.3 Å². The number of aryl methyl sites for hydroxylation is 1. The second kappa shape index (κ2) is 6.47. The number of carbonyl (C=O) groups is 1. The van der Waals surface area contributed by atoms with E-state index in [2.05, 4.69) is 27.3 Å². The Bertz CT molecular complexity index is 1060. The molecule has 2 aliphatic rings. The Hall–Kier alpha value is -3.16. The Morgan fingerprint density at radius 1 is 1.29 bits per heavy atom. The number of rotatable bonds is 5. The summed E-state index contributed by atoms with van der Waals surface area (Å²) in [6.07, 6.45) is 5.61. The van der Waals surface area contributed by atoms with Gasteiger partial charge in [0, 0.05) is 23.8 Å². The van der Waals surface area contributed by atoms with E-state index in [1.54, 1.807) is 17.3 Å². The molecule has 1 saturated carbocycles. The monoisotopic (exact) mass is 378 g/mol. The molecule has 5 rings (SSSR count). The number of nitrogens with zero attached hydrogens (tertiary/aromatic N) is 5. The number of aromatic nitrogens is 4. The molecule has 8 nitrogen and oxygen atoms in total. The van der Waals surface area contributed by atoms with Crippen LogP contribution in [0, 0.1) is 12.8 Å². The molecule has 1 aliphatic carbocycles. The van der Waals surface area contributed by atoms with Crippen LogP contribution in [-0.4, -0.2) is 38.5 Å². The third-order valence-electron chi connectivity index (χ3n) is 5.57. The summed E-state index contributed by atoms with van der Waals surface area (Å²) < 4.78 is 7.22. The van der Waals surface area contributed by atoms with E-state index in [0.717, 1.165) is 47.4 Å². The van der Waals surface area contributed by atoms with Crippen molar-refractivity contribution in [2.45, 2.75) is 39.3 Å². The second-order valence-corrected chi connectivity index (χ2v) is 7.37. The van der Waals surface area contributed by atoms with Crippen molar-refractivity contribution in [3.05, 3.63) is 36.3 Å². The van der Waals surface area contributed by atoms with Gasteiger partial charge in [0.05, 0.1) is 29.1 Å². The van der Waals surface area contributed by atoms with Crippen molar-refractivity contribution in [3.8, 4) is 0 Å². The molecule has 2 aromatic heterocycles. The smallest absolute Gasteiger partial charge is 0.414 e. The molecule has 0 radical (unpaired) electrons. The Balaban J connectivity index is 1.47. The molecule has 2 fully saturated rings. The number of amides is 1. The molecule has 3 heterocycles. The molecule has 1 aliphatic heterocycles. The lowest BCUT2D eigenvalue weighted by Gasteiger charge is -2.21. The number of anilines is 3. The third-order valence-corrected chi connectivity index (χ3v) is 5.57. The zero-order valence-corrected chi connectivity index (χ0v) is 15.9. The minimum absolute atomic E-state index is 0.131. The van der Waals surface area contributed by atoms with Crippen molar-refractivity contribution in [1.82, 2.24) is 19.7 Å². The van der Waals surface area contributed by atoms with E-state index in [1.165, 1.54) is 0 Å². The SMILES string of the molecule is CCn1ncc(Nc2ncc3ccc(N4C(=O)OCC4C4CC4)cc3n2)c1C. The summed E-state index contributed by atoms with van der Waals surface area (Å²) in [5.74, 6) is 1.05. The van der Waals surface area contributed by atoms with Crippen LogP contribution in [0.5, 0.6) is 0 Å². The van der Waals surface area contributed by atoms with Gasteiger partial charge in [-0.2, -0.15) is 5.10 Å². The van der Waals surface area contributed by atoms with Gasteiger partial charge in [-0.3, -0.25) is 9.58 Å². The highest BCUT2D eigenvalue weighted by Crippen LogP contribution is 2.40. The zero-order valence-electron chi connectivity index (χ0n) is 15.9. The number of benzene rings is 1. The average Bonchev–Trinajstić information content (AvgIpc) is 3.39. The fourth-order valence-corrected chi connectivity index (χ4v) is 3.79. The highest BCUT2D eigenvalue weighted by molar-refractivity contribution is 5.93. The summed E-state index contributed by atoms with van der Waals surface area (Å²) in [6.45, 7) is 5.34. The summed E-state index contributed by atoms with van der Waals surface area (Å²) in [5, 5.41) is 8.50. The number of fused-ring (bicyclic) bond motifs is 1. The van der Waals surface area contributed by atoms with Crippen molar-refractivity contribution in [2.24, 2.45) is 5.92 Å². The summed E-state index contributed by atoms with van der Waals surface area (Å²) >= 11 is 0. The molecule has 8 heteroatoms. The van der Waals surface area contributed by atoms with Gasteiger partial charge in [0.25, 0.3) is 0 Å². The van der Waals surface area contributed by atoms with Crippen LogP contribution >= 0.6 is 0 Å². The fourth-order valence-electron chi connectivity index (χ4n) is 3.79. The van der Waals surface area contributed by atoms with E-state index in [1.807, 2.05) is 29.8 Å². The van der Waals surface area contributed by atoms with E-state index >= 15 is 0 Å². The van der Waals surface area contributed by atoms with E-state index in [9.17, 15) is 4.79 Å². The topological polar surface area (TPSA) is 85.2 Å². The molecular weight excluding hydrogens is 356 g/mol. The first-order chi connectivity index (χ1) is 13.6. The molecule has 1 saturated heterocycles. The maximum atomic E-state index is 12.3. The van der Waals surface area contributed by atoms with Crippen LogP contribution in [0.25, 0.3) is 10.9 Å². The molecule has 144 valence electrons. The van der Waals surface area contributed by atoms with Gasteiger partial charge in [0.2, 0.25) is 5.95 Å². The van der Waals surface area contributed by atoms with E-state index < -0.39 is 0 Å².